The van der Waals surface area contributed by atoms with E-state index in [0.29, 0.717) is 0 Å². The zero-order valence-corrected chi connectivity index (χ0v) is 22.2. The van der Waals surface area contributed by atoms with E-state index in [9.17, 15) is 24.6 Å². The van der Waals surface area contributed by atoms with Crippen LogP contribution in [0.4, 0.5) is 0 Å². The van der Waals surface area contributed by atoms with Gasteiger partial charge in [-0.05, 0) is 32.9 Å². The smallest absolute Gasteiger partial charge is 0.545 e. The fourth-order valence-electron chi connectivity index (χ4n) is 0.739. The van der Waals surface area contributed by atoms with Crippen LogP contribution in [-0.2, 0) is 14.4 Å². The third-order valence-electron chi connectivity index (χ3n) is 1.61. The molecule has 0 aliphatic carbocycles. The van der Waals surface area contributed by atoms with Gasteiger partial charge in [0.15, 0.2) is 0 Å². The van der Waals surface area contributed by atoms with Gasteiger partial charge in [-0.1, -0.05) is 54.7 Å². The van der Waals surface area contributed by atoms with Crippen LogP contribution in [0.5, 0.6) is 0 Å². The normalized spacial score (nSPS) is 10.3. The number of carboxylic acids is 3. The Labute approximate surface area is 240 Å². The van der Waals surface area contributed by atoms with E-state index in [-0.39, 0.29) is 103 Å². The predicted octanol–water partition coefficient (Wildman–Crippen LogP) is -5.05. The Morgan fingerprint density at radius 2 is 0.885 bits per heavy atom. The Morgan fingerprint density at radius 1 is 0.615 bits per heavy atom. The molecule has 0 aromatic carbocycles. The van der Waals surface area contributed by atoms with Crippen molar-refractivity contribution in [3.05, 3.63) is 72.9 Å². The number of carbonyl (C=O) groups is 3. The fraction of sp³-hybridized carbons (Fsp3) is 0.167. The predicted molar refractivity (Wildman–Crippen MR) is 89.5 cm³/mol. The second kappa shape index (κ2) is 32.8. The average Bonchev–Trinajstić information content (AvgIpc) is 2.48. The summed E-state index contributed by atoms with van der Waals surface area (Å²) in [5, 5.41) is 27.3. The molecule has 0 saturated heterocycles. The van der Waals surface area contributed by atoms with Gasteiger partial charge in [0, 0.05) is 6.08 Å². The first-order chi connectivity index (χ1) is 11.3. The van der Waals surface area contributed by atoms with E-state index in [0.717, 1.165) is 18.2 Å². The number of carboxylic acid groups (broad SMARTS) is 3. The fourth-order valence-corrected chi connectivity index (χ4v) is 0.739. The van der Waals surface area contributed by atoms with E-state index in [2.05, 4.69) is 0 Å². The van der Waals surface area contributed by atoms with Crippen molar-refractivity contribution in [3.8, 4) is 0 Å². The van der Waals surface area contributed by atoms with Gasteiger partial charge < -0.3 is 24.9 Å². The maximum absolute atomic E-state index is 9.75. The second-order valence-electron chi connectivity index (χ2n) is 3.63. The zero-order chi connectivity index (χ0) is 19.2. The molecule has 0 spiro atoms. The van der Waals surface area contributed by atoms with Crippen LogP contribution in [0, 0.1) is 0 Å². The first-order valence-corrected chi connectivity index (χ1v) is 6.84. The van der Waals surface area contributed by atoms with Gasteiger partial charge in [0.2, 0.25) is 0 Å². The molecular formula is C18H22K2O6. The van der Waals surface area contributed by atoms with Crippen molar-refractivity contribution in [3.63, 3.8) is 0 Å². The molecule has 0 bridgehead atoms. The van der Waals surface area contributed by atoms with Crippen LogP contribution in [-0.4, -0.2) is 23.0 Å². The van der Waals surface area contributed by atoms with Gasteiger partial charge in [0.1, 0.15) is 0 Å². The first kappa shape index (κ1) is 37.0. The molecular weight excluding hydrogens is 390 g/mol. The average molecular weight is 413 g/mol. The Bertz CT molecular complexity index is 454. The van der Waals surface area contributed by atoms with E-state index in [1.807, 2.05) is 6.92 Å². The molecule has 0 amide bonds. The van der Waals surface area contributed by atoms with Gasteiger partial charge in [0.25, 0.3) is 0 Å². The number of aliphatic carboxylic acids is 3. The van der Waals surface area contributed by atoms with Crippen LogP contribution in [0.1, 0.15) is 20.8 Å². The number of rotatable bonds is 6. The van der Waals surface area contributed by atoms with E-state index in [1.54, 1.807) is 50.3 Å². The third-order valence-corrected chi connectivity index (χ3v) is 1.61. The molecule has 132 valence electrons. The van der Waals surface area contributed by atoms with Crippen molar-refractivity contribution in [1.82, 2.24) is 0 Å². The van der Waals surface area contributed by atoms with Gasteiger partial charge in [-0.15, -0.1) is 0 Å². The molecule has 0 aromatic heterocycles. The van der Waals surface area contributed by atoms with Crippen molar-refractivity contribution in [2.75, 3.05) is 0 Å². The first-order valence-electron chi connectivity index (χ1n) is 6.84. The van der Waals surface area contributed by atoms with E-state index in [1.165, 1.54) is 18.2 Å². The summed E-state index contributed by atoms with van der Waals surface area (Å²) in [6.45, 7) is 5.44. The van der Waals surface area contributed by atoms with Crippen LogP contribution in [0.2, 0.25) is 0 Å². The molecule has 8 heteroatoms. The molecule has 0 aliphatic rings. The summed E-state index contributed by atoms with van der Waals surface area (Å²) in [6.07, 6.45) is 17.5. The molecule has 0 atom stereocenters. The number of hydrogen-bond acceptors (Lipinski definition) is 5. The van der Waals surface area contributed by atoms with Crippen molar-refractivity contribution < 1.29 is 132 Å². The molecule has 0 heterocycles. The van der Waals surface area contributed by atoms with Crippen LogP contribution >= 0.6 is 0 Å². The van der Waals surface area contributed by atoms with E-state index < -0.39 is 17.9 Å². The largest absolute Gasteiger partial charge is 1.00 e. The van der Waals surface area contributed by atoms with Crippen molar-refractivity contribution in [2.24, 2.45) is 0 Å². The zero-order valence-electron chi connectivity index (χ0n) is 15.9. The van der Waals surface area contributed by atoms with E-state index in [4.69, 9.17) is 5.11 Å². The second-order valence-corrected chi connectivity index (χ2v) is 3.63. The summed E-state index contributed by atoms with van der Waals surface area (Å²) in [7, 11) is 0. The summed E-state index contributed by atoms with van der Waals surface area (Å²) >= 11 is 0. The minimum atomic E-state index is -1.16. The van der Waals surface area contributed by atoms with Crippen LogP contribution in [0.25, 0.3) is 0 Å². The molecule has 0 aliphatic heterocycles. The quantitative estimate of drug-likeness (QED) is 0.265. The molecule has 0 fully saturated rings. The van der Waals surface area contributed by atoms with Gasteiger partial charge in [-0.25, -0.2) is 4.79 Å². The van der Waals surface area contributed by atoms with Gasteiger partial charge in [-0.3, -0.25) is 0 Å². The SMILES string of the molecule is C/C=C/C=C/C(=O)O.C/C=C/C=C/C(=O)[O-].C/C=C/C=C/C(=O)[O-].[K+].[K+]. The molecule has 1 N–H and O–H groups in total. The number of hydrogen-bond donors (Lipinski definition) is 1. The summed E-state index contributed by atoms with van der Waals surface area (Å²) in [4.78, 5) is 29.0. The molecule has 0 rings (SSSR count). The molecule has 0 aromatic rings. The molecule has 0 saturated carbocycles. The summed E-state index contributed by atoms with van der Waals surface area (Å²) in [5.74, 6) is -3.24. The number of carbonyl (C=O) groups excluding carboxylic acids is 2. The maximum Gasteiger partial charge on any atom is 1.00 e. The van der Waals surface area contributed by atoms with Crippen molar-refractivity contribution >= 4 is 17.9 Å². The minimum absolute atomic E-state index is 0. The molecule has 26 heavy (non-hydrogen) atoms. The molecule has 0 radical (unpaired) electrons. The summed E-state index contributed by atoms with van der Waals surface area (Å²) in [6, 6.07) is 0. The van der Waals surface area contributed by atoms with Gasteiger partial charge in [-0.2, -0.15) is 0 Å². The van der Waals surface area contributed by atoms with Crippen LogP contribution in [0.15, 0.2) is 72.9 Å². The molecule has 0 unspecified atom stereocenters. The summed E-state index contributed by atoms with van der Waals surface area (Å²) in [5.41, 5.74) is 0. The Hall–Kier alpha value is 0.123. The van der Waals surface area contributed by atoms with Crippen molar-refractivity contribution in [2.45, 2.75) is 20.8 Å². The van der Waals surface area contributed by atoms with Crippen LogP contribution in [0.3, 0.4) is 0 Å². The van der Waals surface area contributed by atoms with Crippen molar-refractivity contribution in [1.29, 1.82) is 0 Å². The Balaban J connectivity index is -0.0000000817. The standard InChI is InChI=1S/3C6H8O2.2K/c3*1-2-3-4-5-6(7)8;;/h3*2-5H,1H3,(H,7,8);;/q;;;2*+1/p-2/b3*3-2+,5-4+;;. The van der Waals surface area contributed by atoms with E-state index >= 15 is 0 Å². The molecule has 6 nitrogen and oxygen atoms in total. The third kappa shape index (κ3) is 56.4. The Morgan fingerprint density at radius 3 is 1.08 bits per heavy atom. The van der Waals surface area contributed by atoms with Crippen LogP contribution < -0.4 is 113 Å². The van der Waals surface area contributed by atoms with Gasteiger partial charge >= 0.3 is 109 Å². The Kier molecular flexibility index (Phi) is 46.6. The maximum atomic E-state index is 9.75. The summed E-state index contributed by atoms with van der Waals surface area (Å²) < 4.78 is 0. The minimum Gasteiger partial charge on any atom is -0.545 e. The topological polar surface area (TPSA) is 118 Å². The van der Waals surface area contributed by atoms with Gasteiger partial charge in [0.05, 0.1) is 11.9 Å². The monoisotopic (exact) mass is 412 g/mol. The number of allylic oxidation sites excluding steroid dienone is 9.